The first kappa shape index (κ1) is 15.7. The molecule has 0 aromatic rings. The molecular weight excluding hydrogens is 230 g/mol. The molecule has 0 aromatic carbocycles. The Morgan fingerprint density at radius 1 is 1.06 bits per heavy atom. The summed E-state index contributed by atoms with van der Waals surface area (Å²) in [4.78, 5) is 12.8. The molecule has 0 saturated carbocycles. The smallest absolute Gasteiger partial charge is 0.214 e. The topological polar surface area (TPSA) is 118 Å². The van der Waals surface area contributed by atoms with Gasteiger partial charge in [-0.05, 0) is 0 Å². The Balaban J connectivity index is 2.98. The van der Waals surface area contributed by atoms with Crippen molar-refractivity contribution >= 4 is 5.97 Å². The lowest BCUT2D eigenvalue weighted by molar-refractivity contribution is -0.306. The minimum atomic E-state index is -1.12. The van der Waals surface area contributed by atoms with Gasteiger partial charge in [-0.1, -0.05) is 0 Å². The van der Waals surface area contributed by atoms with Crippen molar-refractivity contribution in [3.8, 4) is 0 Å². The van der Waals surface area contributed by atoms with Gasteiger partial charge in [-0.15, -0.1) is 0 Å². The maximum atomic E-state index is 10.0. The zero-order valence-electron chi connectivity index (χ0n) is 9.59. The molecule has 0 atom stereocenters. The Kier molecular flexibility index (Phi) is 11.7. The van der Waals surface area contributed by atoms with Crippen molar-refractivity contribution in [3.63, 3.8) is 0 Å². The number of nitrogens with zero attached hydrogens (tertiary/aromatic N) is 2. The number of rotatable bonds is 12. The minimum Gasteiger partial charge on any atom is -0.550 e. The van der Waals surface area contributed by atoms with Gasteiger partial charge in [0, 0.05) is 12.4 Å². The van der Waals surface area contributed by atoms with Gasteiger partial charge >= 0.3 is 0 Å². The number of hydrogen-bond acceptors (Lipinski definition) is 7. The van der Waals surface area contributed by atoms with Crippen LogP contribution in [0, 0.1) is 5.53 Å². The molecule has 0 spiro atoms. The van der Waals surface area contributed by atoms with Crippen LogP contribution in [0.2, 0.25) is 0 Å². The fraction of sp³-hybridized carbons (Fsp3) is 0.889. The molecular formula is C9H17N3O5. The number of aliphatic carboxylic acids is 1. The highest BCUT2D eigenvalue weighted by molar-refractivity contribution is 5.64. The summed E-state index contributed by atoms with van der Waals surface area (Å²) in [5.41, 5.74) is 6.38. The second-order valence-electron chi connectivity index (χ2n) is 2.92. The SMILES string of the molecule is N=[N+]=NCCOCCOCCOCCC(=O)[O-]. The molecule has 0 unspecified atom stereocenters. The normalized spacial score (nSPS) is 9.88. The summed E-state index contributed by atoms with van der Waals surface area (Å²) >= 11 is 0. The van der Waals surface area contributed by atoms with E-state index in [1.54, 1.807) is 0 Å². The highest BCUT2D eigenvalue weighted by atomic mass is 16.5. The van der Waals surface area contributed by atoms with E-state index in [-0.39, 0.29) is 13.0 Å². The highest BCUT2D eigenvalue weighted by Gasteiger charge is 1.93. The van der Waals surface area contributed by atoms with Crippen molar-refractivity contribution in [3.05, 3.63) is 0 Å². The number of ether oxygens (including phenoxy) is 3. The number of carboxylic acids is 1. The molecule has 0 radical (unpaired) electrons. The van der Waals surface area contributed by atoms with Crippen molar-refractivity contribution < 1.29 is 24.1 Å². The lowest BCUT2D eigenvalue weighted by Gasteiger charge is -2.06. The molecule has 0 aromatic heterocycles. The molecule has 17 heavy (non-hydrogen) atoms. The number of nitrogens with one attached hydrogen (secondary N) is 1. The van der Waals surface area contributed by atoms with E-state index in [4.69, 9.17) is 19.7 Å². The van der Waals surface area contributed by atoms with Gasteiger partial charge in [0.2, 0.25) is 4.91 Å². The molecule has 0 aliphatic carbocycles. The minimum absolute atomic E-state index is 0.104. The third kappa shape index (κ3) is 14.7. The first-order valence-electron chi connectivity index (χ1n) is 5.23. The monoisotopic (exact) mass is 247 g/mol. The highest BCUT2D eigenvalue weighted by Crippen LogP contribution is 1.83. The van der Waals surface area contributed by atoms with Crippen molar-refractivity contribution in [2.24, 2.45) is 5.11 Å². The first-order chi connectivity index (χ1) is 8.27. The number of carboxylic acid groups (broad SMARTS) is 1. The van der Waals surface area contributed by atoms with E-state index in [9.17, 15) is 9.90 Å². The predicted octanol–water partition coefficient (Wildman–Crippen LogP) is -1.27. The van der Waals surface area contributed by atoms with Gasteiger partial charge in [0.15, 0.2) is 0 Å². The zero-order chi connectivity index (χ0) is 12.8. The standard InChI is InChI=1S/C9H17N3O5/c10-12-11-2-4-16-6-8-17-7-5-15-3-1-9(13)14/h10H,1-8H2. The van der Waals surface area contributed by atoms with Gasteiger partial charge < -0.3 is 24.1 Å². The van der Waals surface area contributed by atoms with Gasteiger partial charge in [-0.3, -0.25) is 0 Å². The van der Waals surface area contributed by atoms with Gasteiger partial charge in [-0.2, -0.15) is 0 Å². The summed E-state index contributed by atoms with van der Waals surface area (Å²) in [6, 6.07) is 0. The Labute approximate surface area is 99.1 Å². The molecule has 0 fully saturated rings. The van der Waals surface area contributed by atoms with Crippen molar-refractivity contribution in [2.75, 3.05) is 46.2 Å². The fourth-order valence-corrected chi connectivity index (χ4v) is 0.853. The van der Waals surface area contributed by atoms with Crippen LogP contribution in [0.25, 0.3) is 0 Å². The van der Waals surface area contributed by atoms with E-state index in [1.165, 1.54) is 0 Å². The van der Waals surface area contributed by atoms with Crippen LogP contribution in [0.15, 0.2) is 5.11 Å². The third-order valence-corrected chi connectivity index (χ3v) is 1.60. The second-order valence-corrected chi connectivity index (χ2v) is 2.92. The summed E-state index contributed by atoms with van der Waals surface area (Å²) in [6.07, 6.45) is -0.104. The van der Waals surface area contributed by atoms with Crippen LogP contribution in [0.3, 0.4) is 0 Å². The maximum Gasteiger partial charge on any atom is 0.214 e. The summed E-state index contributed by atoms with van der Waals surface area (Å²) < 4.78 is 15.2. The van der Waals surface area contributed by atoms with Crippen LogP contribution < -0.4 is 10.0 Å². The van der Waals surface area contributed by atoms with Crippen LogP contribution >= 0.6 is 0 Å². The Bertz CT molecular complexity index is 233. The number of hydrogen-bond donors (Lipinski definition) is 1. The molecule has 98 valence electrons. The lowest BCUT2D eigenvalue weighted by atomic mass is 10.5. The quantitative estimate of drug-likeness (QED) is 0.262. The predicted molar refractivity (Wildman–Crippen MR) is 54.2 cm³/mol. The van der Waals surface area contributed by atoms with E-state index in [0.29, 0.717) is 39.6 Å². The third-order valence-electron chi connectivity index (χ3n) is 1.60. The van der Waals surface area contributed by atoms with Gasteiger partial charge in [0.25, 0.3) is 0 Å². The number of carbonyl (C=O) groups is 1. The van der Waals surface area contributed by atoms with E-state index in [1.807, 2.05) is 0 Å². The van der Waals surface area contributed by atoms with Crippen molar-refractivity contribution in [1.29, 1.82) is 5.53 Å². The van der Waals surface area contributed by atoms with E-state index in [0.717, 1.165) is 0 Å². The van der Waals surface area contributed by atoms with Crippen LogP contribution in [-0.2, 0) is 19.0 Å². The second kappa shape index (κ2) is 12.7. The molecule has 0 aliphatic heterocycles. The largest absolute Gasteiger partial charge is 0.550 e. The Morgan fingerprint density at radius 3 is 2.12 bits per heavy atom. The van der Waals surface area contributed by atoms with Crippen molar-refractivity contribution in [1.82, 2.24) is 4.91 Å². The van der Waals surface area contributed by atoms with E-state index in [2.05, 4.69) is 10.0 Å². The first-order valence-corrected chi connectivity index (χ1v) is 5.23. The molecule has 0 rings (SSSR count). The molecule has 0 saturated heterocycles. The van der Waals surface area contributed by atoms with Crippen LogP contribution in [0.4, 0.5) is 0 Å². The summed E-state index contributed by atoms with van der Waals surface area (Å²) in [6.45, 7) is 2.53. The molecule has 0 heterocycles. The molecule has 0 bridgehead atoms. The van der Waals surface area contributed by atoms with Gasteiger partial charge in [-0.25, -0.2) is 0 Å². The summed E-state index contributed by atoms with van der Waals surface area (Å²) in [5.74, 6) is -1.12. The van der Waals surface area contributed by atoms with Gasteiger partial charge in [0.1, 0.15) is 17.2 Å². The Morgan fingerprint density at radius 2 is 1.59 bits per heavy atom. The van der Waals surface area contributed by atoms with Crippen molar-refractivity contribution in [2.45, 2.75) is 6.42 Å². The molecule has 0 amide bonds. The van der Waals surface area contributed by atoms with E-state index < -0.39 is 5.97 Å². The summed E-state index contributed by atoms with van der Waals surface area (Å²) in [7, 11) is 0. The van der Waals surface area contributed by atoms with Gasteiger partial charge in [0.05, 0.1) is 39.6 Å². The molecule has 8 heteroatoms. The zero-order valence-corrected chi connectivity index (χ0v) is 9.59. The van der Waals surface area contributed by atoms with Crippen LogP contribution in [0.1, 0.15) is 6.42 Å². The van der Waals surface area contributed by atoms with Crippen LogP contribution in [0.5, 0.6) is 0 Å². The fourth-order valence-electron chi connectivity index (χ4n) is 0.853. The molecule has 0 aliphatic rings. The lowest BCUT2D eigenvalue weighted by Crippen LogP contribution is -2.24. The Hall–Kier alpha value is -1.34. The summed E-state index contributed by atoms with van der Waals surface area (Å²) in [5, 5.41) is 13.4. The average Bonchev–Trinajstić information content (AvgIpc) is 2.30. The molecule has 1 N–H and O–H groups in total. The number of carbonyl (C=O) groups excluding carboxylic acids is 1. The molecule has 8 nitrogen and oxygen atoms in total. The van der Waals surface area contributed by atoms with Crippen LogP contribution in [-0.4, -0.2) is 52.2 Å². The van der Waals surface area contributed by atoms with E-state index >= 15 is 0 Å². The average molecular weight is 247 g/mol. The maximum absolute atomic E-state index is 10.0.